The van der Waals surface area contributed by atoms with Crippen molar-refractivity contribution in [2.45, 2.75) is 84.4 Å². The Hall–Kier alpha value is -1.21. The second-order valence-corrected chi connectivity index (χ2v) is 14.3. The van der Waals surface area contributed by atoms with Crippen LogP contribution in [0.5, 0.6) is 0 Å². The molecule has 5 nitrogen and oxygen atoms in total. The Morgan fingerprint density at radius 2 is 1.61 bits per heavy atom. The Bertz CT molecular complexity index is 587. The van der Waals surface area contributed by atoms with Gasteiger partial charge in [-0.05, 0) is 44.5 Å². The molecule has 1 aromatic rings. The first-order valence-corrected chi connectivity index (χ1v) is 12.8. The Labute approximate surface area is 171 Å². The molecule has 0 N–H and O–H groups in total. The summed E-state index contributed by atoms with van der Waals surface area (Å²) in [5, 5.41) is 0.00686. The Morgan fingerprint density at radius 3 is 2.14 bits per heavy atom. The van der Waals surface area contributed by atoms with Crippen LogP contribution in [0.25, 0.3) is 0 Å². The summed E-state index contributed by atoms with van der Waals surface area (Å²) in [7, 11) is -2.11. The first-order chi connectivity index (χ1) is 12.8. The number of ether oxygens (including phenoxy) is 3. The van der Waals surface area contributed by atoms with E-state index in [0.717, 1.165) is 5.56 Å². The normalized spacial score (nSPS) is 14.0. The Morgan fingerprint density at radius 1 is 1.00 bits per heavy atom. The lowest BCUT2D eigenvalue weighted by atomic mass is 10.2. The summed E-state index contributed by atoms with van der Waals surface area (Å²) in [5.74, 6) is -0.328. The lowest BCUT2D eigenvalue weighted by Gasteiger charge is -2.39. The van der Waals surface area contributed by atoms with E-state index in [-0.39, 0.29) is 17.8 Å². The topological polar surface area (TPSA) is 54.0 Å². The molecule has 0 bridgehead atoms. The number of benzene rings is 1. The molecule has 1 aromatic carbocycles. The molecule has 0 aromatic heterocycles. The first-order valence-electron chi connectivity index (χ1n) is 9.92. The van der Waals surface area contributed by atoms with Gasteiger partial charge in [-0.1, -0.05) is 51.1 Å². The third kappa shape index (κ3) is 9.32. The SMILES string of the molecule is CC(C)(C)OC(=O)[C@H](CCOCOCc1ccccc1)O[Si](C)(C)C(C)(C)C. The molecule has 0 aliphatic carbocycles. The largest absolute Gasteiger partial charge is 0.458 e. The van der Waals surface area contributed by atoms with Gasteiger partial charge in [0.05, 0.1) is 13.2 Å². The van der Waals surface area contributed by atoms with Crippen molar-refractivity contribution in [1.82, 2.24) is 0 Å². The number of hydrogen-bond acceptors (Lipinski definition) is 5. The van der Waals surface area contributed by atoms with Gasteiger partial charge >= 0.3 is 5.97 Å². The molecule has 28 heavy (non-hydrogen) atoms. The monoisotopic (exact) mass is 410 g/mol. The molecule has 0 unspecified atom stereocenters. The predicted octanol–water partition coefficient (Wildman–Crippen LogP) is 5.30. The zero-order valence-corrected chi connectivity index (χ0v) is 19.8. The first kappa shape index (κ1) is 24.8. The van der Waals surface area contributed by atoms with Crippen LogP contribution in [0.4, 0.5) is 0 Å². The van der Waals surface area contributed by atoms with Crippen molar-refractivity contribution in [3.05, 3.63) is 35.9 Å². The molecule has 6 heteroatoms. The van der Waals surface area contributed by atoms with Gasteiger partial charge in [-0.2, -0.15) is 0 Å². The van der Waals surface area contributed by atoms with Crippen molar-refractivity contribution in [2.24, 2.45) is 0 Å². The van der Waals surface area contributed by atoms with Crippen LogP contribution < -0.4 is 0 Å². The Balaban J connectivity index is 2.53. The summed E-state index contributed by atoms with van der Waals surface area (Å²) in [6, 6.07) is 9.93. The van der Waals surface area contributed by atoms with Gasteiger partial charge in [-0.15, -0.1) is 0 Å². The fourth-order valence-corrected chi connectivity index (χ4v) is 3.45. The number of rotatable bonds is 10. The van der Waals surface area contributed by atoms with E-state index in [1.807, 2.05) is 51.1 Å². The van der Waals surface area contributed by atoms with Gasteiger partial charge in [0.15, 0.2) is 8.32 Å². The number of esters is 1. The van der Waals surface area contributed by atoms with E-state index in [2.05, 4.69) is 33.9 Å². The number of carbonyl (C=O) groups is 1. The standard InChI is InChI=1S/C22H38O5Si/c1-21(2,3)26-20(23)19(27-28(7,8)22(4,5)6)14-15-24-17-25-16-18-12-10-9-11-13-18/h9-13,19H,14-17H2,1-8H3/t19-/m0/s1. The minimum absolute atomic E-state index is 0.00686. The highest BCUT2D eigenvalue weighted by atomic mass is 28.4. The van der Waals surface area contributed by atoms with Crippen molar-refractivity contribution < 1.29 is 23.4 Å². The fraction of sp³-hybridized carbons (Fsp3) is 0.682. The zero-order chi connectivity index (χ0) is 21.4. The molecule has 1 atom stereocenters. The van der Waals surface area contributed by atoms with Crippen LogP contribution in [-0.2, 0) is 30.0 Å². The van der Waals surface area contributed by atoms with Gasteiger partial charge in [0.1, 0.15) is 18.5 Å². The molecule has 0 fully saturated rings. The maximum Gasteiger partial charge on any atom is 0.334 e. The summed E-state index contributed by atoms with van der Waals surface area (Å²) in [6.07, 6.45) is -0.190. The molecule has 0 spiro atoms. The average molecular weight is 411 g/mol. The van der Waals surface area contributed by atoms with Crippen LogP contribution in [0.15, 0.2) is 30.3 Å². The summed E-state index contributed by atoms with van der Waals surface area (Å²) in [4.78, 5) is 12.7. The summed E-state index contributed by atoms with van der Waals surface area (Å²) >= 11 is 0. The number of hydrogen-bond donors (Lipinski definition) is 0. The maximum absolute atomic E-state index is 12.7. The molecule has 0 radical (unpaired) electrons. The highest BCUT2D eigenvalue weighted by Crippen LogP contribution is 2.37. The van der Waals surface area contributed by atoms with Crippen molar-refractivity contribution in [3.8, 4) is 0 Å². The van der Waals surface area contributed by atoms with Gasteiger partial charge in [0.2, 0.25) is 0 Å². The molecular formula is C22H38O5Si. The number of carbonyl (C=O) groups excluding carboxylic acids is 1. The van der Waals surface area contributed by atoms with Crippen molar-refractivity contribution in [3.63, 3.8) is 0 Å². The van der Waals surface area contributed by atoms with Crippen LogP contribution in [0.2, 0.25) is 18.1 Å². The van der Waals surface area contributed by atoms with Crippen molar-refractivity contribution in [2.75, 3.05) is 13.4 Å². The van der Waals surface area contributed by atoms with Gasteiger partial charge in [-0.25, -0.2) is 4.79 Å². The quantitative estimate of drug-likeness (QED) is 0.227. The van der Waals surface area contributed by atoms with Crippen LogP contribution in [0, 0.1) is 0 Å². The maximum atomic E-state index is 12.7. The summed E-state index contributed by atoms with van der Waals surface area (Å²) in [6.45, 7) is 17.4. The smallest absolute Gasteiger partial charge is 0.334 e. The highest BCUT2D eigenvalue weighted by molar-refractivity contribution is 6.74. The molecule has 0 saturated carbocycles. The van der Waals surface area contributed by atoms with E-state index >= 15 is 0 Å². The average Bonchev–Trinajstić information content (AvgIpc) is 2.55. The van der Waals surface area contributed by atoms with Crippen LogP contribution in [-0.4, -0.2) is 39.4 Å². The van der Waals surface area contributed by atoms with Crippen LogP contribution in [0.3, 0.4) is 0 Å². The van der Waals surface area contributed by atoms with E-state index < -0.39 is 20.0 Å². The third-order valence-corrected chi connectivity index (χ3v) is 9.20. The minimum Gasteiger partial charge on any atom is -0.458 e. The van der Waals surface area contributed by atoms with E-state index in [1.54, 1.807) is 0 Å². The van der Waals surface area contributed by atoms with Crippen LogP contribution in [0.1, 0.15) is 53.5 Å². The molecule has 0 aliphatic rings. The van der Waals surface area contributed by atoms with Gasteiger partial charge in [0, 0.05) is 6.42 Å². The Kier molecular flexibility index (Phi) is 9.34. The summed E-state index contributed by atoms with van der Waals surface area (Å²) < 4.78 is 23.0. The molecule has 0 aliphatic heterocycles. The molecule has 0 saturated heterocycles. The van der Waals surface area contributed by atoms with E-state index in [9.17, 15) is 4.79 Å². The zero-order valence-electron chi connectivity index (χ0n) is 18.8. The fourth-order valence-electron chi connectivity index (χ4n) is 2.17. The van der Waals surface area contributed by atoms with E-state index in [4.69, 9.17) is 18.6 Å². The molecular weight excluding hydrogens is 372 g/mol. The molecule has 1 rings (SSSR count). The second kappa shape index (κ2) is 10.5. The van der Waals surface area contributed by atoms with Crippen LogP contribution >= 0.6 is 0 Å². The van der Waals surface area contributed by atoms with E-state index in [0.29, 0.717) is 19.6 Å². The third-order valence-electron chi connectivity index (χ3n) is 4.72. The lowest BCUT2D eigenvalue weighted by molar-refractivity contribution is -0.165. The molecule has 0 heterocycles. The van der Waals surface area contributed by atoms with E-state index in [1.165, 1.54) is 0 Å². The van der Waals surface area contributed by atoms with Gasteiger partial charge < -0.3 is 18.6 Å². The lowest BCUT2D eigenvalue weighted by Crippen LogP contribution is -2.47. The summed E-state index contributed by atoms with van der Waals surface area (Å²) in [5.41, 5.74) is 0.546. The van der Waals surface area contributed by atoms with Gasteiger partial charge in [-0.3, -0.25) is 0 Å². The second-order valence-electron chi connectivity index (χ2n) is 9.55. The molecule has 160 valence electrons. The van der Waals surface area contributed by atoms with Crippen molar-refractivity contribution in [1.29, 1.82) is 0 Å². The highest BCUT2D eigenvalue weighted by Gasteiger charge is 2.41. The molecule has 0 amide bonds. The van der Waals surface area contributed by atoms with Crippen molar-refractivity contribution >= 4 is 14.3 Å². The minimum atomic E-state index is -2.11. The predicted molar refractivity (Wildman–Crippen MR) is 115 cm³/mol. The van der Waals surface area contributed by atoms with Gasteiger partial charge in [0.25, 0.3) is 0 Å².